The quantitative estimate of drug-likeness (QED) is 0.921. The number of hydrogen-bond donors (Lipinski definition) is 1. The zero-order valence-electron chi connectivity index (χ0n) is 12.5. The highest BCUT2D eigenvalue weighted by Gasteiger charge is 2.36. The van der Waals surface area contributed by atoms with Crippen LogP contribution in [0.1, 0.15) is 43.9 Å². The minimum Gasteiger partial charge on any atom is -0.368 e. The van der Waals surface area contributed by atoms with Gasteiger partial charge in [0.15, 0.2) is 0 Å². The number of fused-ring (bicyclic) bond motifs is 2. The number of thiophene rings is 1. The molecule has 2 aromatic rings. The van der Waals surface area contributed by atoms with E-state index in [1.165, 1.54) is 42.4 Å². The second-order valence-electron chi connectivity index (χ2n) is 6.28. The SMILES string of the molecule is CCc1cc2c(N3CCCC4CCCC43)nc(N)nc2s1. The molecule has 2 fully saturated rings. The molecule has 0 aromatic carbocycles. The Kier molecular flexibility index (Phi) is 3.25. The fourth-order valence-corrected chi connectivity index (χ4v) is 5.05. The van der Waals surface area contributed by atoms with Crippen LogP contribution in [0.4, 0.5) is 11.8 Å². The largest absolute Gasteiger partial charge is 0.368 e. The van der Waals surface area contributed by atoms with Gasteiger partial charge in [-0.25, -0.2) is 4.98 Å². The van der Waals surface area contributed by atoms with Gasteiger partial charge in [-0.05, 0) is 44.1 Å². The minimum absolute atomic E-state index is 0.419. The summed E-state index contributed by atoms with van der Waals surface area (Å²) >= 11 is 1.76. The van der Waals surface area contributed by atoms with E-state index >= 15 is 0 Å². The molecule has 112 valence electrons. The Morgan fingerprint density at radius 1 is 1.29 bits per heavy atom. The molecule has 1 aliphatic heterocycles. The van der Waals surface area contributed by atoms with Crippen molar-refractivity contribution in [1.82, 2.24) is 9.97 Å². The lowest BCUT2D eigenvalue weighted by molar-refractivity contribution is 0.361. The van der Waals surface area contributed by atoms with E-state index in [0.717, 1.165) is 29.5 Å². The Morgan fingerprint density at radius 2 is 2.14 bits per heavy atom. The van der Waals surface area contributed by atoms with Gasteiger partial charge in [0.25, 0.3) is 0 Å². The number of nitrogens with zero attached hydrogens (tertiary/aromatic N) is 3. The van der Waals surface area contributed by atoms with Crippen molar-refractivity contribution in [2.75, 3.05) is 17.2 Å². The van der Waals surface area contributed by atoms with Crippen molar-refractivity contribution in [3.05, 3.63) is 10.9 Å². The number of aromatic nitrogens is 2. The second-order valence-corrected chi connectivity index (χ2v) is 7.40. The van der Waals surface area contributed by atoms with Crippen LogP contribution < -0.4 is 10.6 Å². The summed E-state index contributed by atoms with van der Waals surface area (Å²) in [4.78, 5) is 14.0. The van der Waals surface area contributed by atoms with Gasteiger partial charge in [-0.15, -0.1) is 11.3 Å². The predicted octanol–water partition coefficient (Wildman–Crippen LogP) is 3.60. The third-order valence-corrected chi connectivity index (χ3v) is 6.23. The molecule has 2 unspecified atom stereocenters. The molecule has 2 aromatic heterocycles. The molecule has 3 heterocycles. The van der Waals surface area contributed by atoms with Crippen molar-refractivity contribution in [3.63, 3.8) is 0 Å². The molecule has 1 saturated carbocycles. The van der Waals surface area contributed by atoms with E-state index in [4.69, 9.17) is 5.73 Å². The number of nitrogen functional groups attached to an aromatic ring is 1. The van der Waals surface area contributed by atoms with Gasteiger partial charge in [0.1, 0.15) is 10.6 Å². The molecule has 21 heavy (non-hydrogen) atoms. The zero-order chi connectivity index (χ0) is 14.4. The first kappa shape index (κ1) is 13.3. The van der Waals surface area contributed by atoms with E-state index < -0.39 is 0 Å². The molecule has 0 radical (unpaired) electrons. The fraction of sp³-hybridized carbons (Fsp3) is 0.625. The Morgan fingerprint density at radius 3 is 3.00 bits per heavy atom. The Labute approximate surface area is 129 Å². The summed E-state index contributed by atoms with van der Waals surface area (Å²) in [7, 11) is 0. The van der Waals surface area contributed by atoms with E-state index in [0.29, 0.717) is 12.0 Å². The van der Waals surface area contributed by atoms with Crippen molar-refractivity contribution in [2.24, 2.45) is 5.92 Å². The van der Waals surface area contributed by atoms with Gasteiger partial charge in [-0.3, -0.25) is 0 Å². The molecule has 4 nitrogen and oxygen atoms in total. The number of anilines is 2. The maximum atomic E-state index is 5.98. The molecule has 2 N–H and O–H groups in total. The molecule has 1 aliphatic carbocycles. The summed E-state index contributed by atoms with van der Waals surface area (Å²) in [6.45, 7) is 3.30. The minimum atomic E-state index is 0.419. The molecule has 5 heteroatoms. The lowest BCUT2D eigenvalue weighted by atomic mass is 9.92. The predicted molar refractivity (Wildman–Crippen MR) is 88.9 cm³/mol. The summed E-state index contributed by atoms with van der Waals surface area (Å²) in [6.07, 6.45) is 7.76. The normalized spacial score (nSPS) is 25.5. The van der Waals surface area contributed by atoms with E-state index in [1.54, 1.807) is 11.3 Å². The third-order valence-electron chi connectivity index (χ3n) is 5.05. The molecule has 2 aliphatic rings. The summed E-state index contributed by atoms with van der Waals surface area (Å²) in [5, 5.41) is 1.21. The van der Waals surface area contributed by atoms with Crippen LogP contribution in [0.2, 0.25) is 0 Å². The molecular weight excluding hydrogens is 280 g/mol. The maximum Gasteiger partial charge on any atom is 0.223 e. The maximum absolute atomic E-state index is 5.98. The summed E-state index contributed by atoms with van der Waals surface area (Å²) in [5.74, 6) is 2.36. The molecule has 0 bridgehead atoms. The smallest absolute Gasteiger partial charge is 0.223 e. The molecule has 1 saturated heterocycles. The van der Waals surface area contributed by atoms with Crippen LogP contribution in [0, 0.1) is 5.92 Å². The number of piperidine rings is 1. The van der Waals surface area contributed by atoms with Crippen LogP contribution >= 0.6 is 11.3 Å². The monoisotopic (exact) mass is 302 g/mol. The van der Waals surface area contributed by atoms with Crippen LogP contribution in [0.3, 0.4) is 0 Å². The number of hydrogen-bond acceptors (Lipinski definition) is 5. The number of rotatable bonds is 2. The average molecular weight is 302 g/mol. The molecule has 0 spiro atoms. The van der Waals surface area contributed by atoms with Gasteiger partial charge in [0.2, 0.25) is 5.95 Å². The number of nitrogens with two attached hydrogens (primary N) is 1. The lowest BCUT2D eigenvalue weighted by Gasteiger charge is -2.38. The first-order valence-corrected chi connectivity index (χ1v) is 8.90. The van der Waals surface area contributed by atoms with Gasteiger partial charge in [0.05, 0.1) is 5.39 Å². The van der Waals surface area contributed by atoms with Crippen molar-refractivity contribution in [3.8, 4) is 0 Å². The van der Waals surface area contributed by atoms with E-state index in [9.17, 15) is 0 Å². The molecule has 2 atom stereocenters. The summed E-state index contributed by atoms with van der Waals surface area (Å²) in [5.41, 5.74) is 5.98. The van der Waals surface area contributed by atoms with Crippen molar-refractivity contribution in [1.29, 1.82) is 0 Å². The lowest BCUT2D eigenvalue weighted by Crippen LogP contribution is -2.43. The highest BCUT2D eigenvalue weighted by molar-refractivity contribution is 7.18. The fourth-order valence-electron chi connectivity index (χ4n) is 4.08. The number of aryl methyl sites for hydroxylation is 1. The summed E-state index contributed by atoms with van der Waals surface area (Å²) in [6, 6.07) is 2.94. The van der Waals surface area contributed by atoms with E-state index in [2.05, 4.69) is 27.9 Å². The third kappa shape index (κ3) is 2.18. The molecule has 4 rings (SSSR count). The Bertz CT molecular complexity index is 666. The standard InChI is InChI=1S/C16H22N4S/c1-2-11-9-12-14(18-16(17)19-15(12)21-11)20-8-4-6-10-5-3-7-13(10)20/h9-10,13H,2-8H2,1H3,(H2,17,18,19). The van der Waals surface area contributed by atoms with Crippen LogP contribution in [0.25, 0.3) is 10.2 Å². The van der Waals surface area contributed by atoms with Gasteiger partial charge in [-0.2, -0.15) is 4.98 Å². The van der Waals surface area contributed by atoms with Crippen LogP contribution in [-0.4, -0.2) is 22.6 Å². The Balaban J connectivity index is 1.82. The topological polar surface area (TPSA) is 55.0 Å². The highest BCUT2D eigenvalue weighted by Crippen LogP contribution is 2.41. The van der Waals surface area contributed by atoms with Crippen molar-refractivity contribution < 1.29 is 0 Å². The molecule has 0 amide bonds. The highest BCUT2D eigenvalue weighted by atomic mass is 32.1. The van der Waals surface area contributed by atoms with Gasteiger partial charge < -0.3 is 10.6 Å². The van der Waals surface area contributed by atoms with Gasteiger partial charge >= 0.3 is 0 Å². The second kappa shape index (κ2) is 5.13. The van der Waals surface area contributed by atoms with Gasteiger partial charge in [0, 0.05) is 17.5 Å². The average Bonchev–Trinajstić information content (AvgIpc) is 3.11. The van der Waals surface area contributed by atoms with Crippen LogP contribution in [-0.2, 0) is 6.42 Å². The summed E-state index contributed by atoms with van der Waals surface area (Å²) < 4.78 is 0. The van der Waals surface area contributed by atoms with Gasteiger partial charge in [-0.1, -0.05) is 13.3 Å². The van der Waals surface area contributed by atoms with Crippen molar-refractivity contribution in [2.45, 2.75) is 51.5 Å². The Hall–Kier alpha value is -1.36. The first-order chi connectivity index (χ1) is 10.3. The van der Waals surface area contributed by atoms with Crippen molar-refractivity contribution >= 4 is 33.3 Å². The first-order valence-electron chi connectivity index (χ1n) is 8.09. The zero-order valence-corrected chi connectivity index (χ0v) is 13.3. The van der Waals surface area contributed by atoms with E-state index in [-0.39, 0.29) is 0 Å². The van der Waals surface area contributed by atoms with Crippen LogP contribution in [0.15, 0.2) is 6.07 Å². The van der Waals surface area contributed by atoms with Crippen LogP contribution in [0.5, 0.6) is 0 Å². The molecular formula is C16H22N4S. The van der Waals surface area contributed by atoms with E-state index in [1.807, 2.05) is 0 Å².